The van der Waals surface area contributed by atoms with Crippen molar-refractivity contribution < 1.29 is 5.11 Å². The highest BCUT2D eigenvalue weighted by molar-refractivity contribution is 14.1. The normalized spacial score (nSPS) is 11.7. The summed E-state index contributed by atoms with van der Waals surface area (Å²) in [7, 11) is 0. The molecule has 4 rings (SSSR count). The van der Waals surface area contributed by atoms with E-state index in [2.05, 4.69) is 32.6 Å². The van der Waals surface area contributed by atoms with Crippen molar-refractivity contribution >= 4 is 56.3 Å². The highest BCUT2D eigenvalue weighted by Gasteiger charge is 2.10. The van der Waals surface area contributed by atoms with Crippen LogP contribution in [0.4, 0.5) is 5.69 Å². The number of rotatable bonds is 2. The van der Waals surface area contributed by atoms with Gasteiger partial charge in [-0.1, -0.05) is 30.3 Å². The van der Waals surface area contributed by atoms with Crippen LogP contribution in [-0.4, -0.2) is 16.3 Å². The monoisotopic (exact) mass is 412 g/mol. The Balaban J connectivity index is 1.86. The summed E-state index contributed by atoms with van der Waals surface area (Å²) in [5, 5.41) is 12.5. The van der Waals surface area contributed by atoms with E-state index in [0.29, 0.717) is 5.56 Å². The molecule has 0 radical (unpaired) electrons. The average Bonchev–Trinajstić information content (AvgIpc) is 2.95. The lowest BCUT2D eigenvalue weighted by Gasteiger charge is -2.02. The summed E-state index contributed by atoms with van der Waals surface area (Å²) in [6.07, 6.45) is 1.72. The Kier molecular flexibility index (Phi) is 3.53. The topological polar surface area (TPSA) is 48.4 Å². The van der Waals surface area contributed by atoms with Crippen molar-refractivity contribution in [2.75, 3.05) is 0 Å². The molecule has 23 heavy (non-hydrogen) atoms. The average molecular weight is 412 g/mol. The smallest absolute Gasteiger partial charge is 0.134 e. The van der Waals surface area contributed by atoms with E-state index >= 15 is 0 Å². The number of H-pyrrole nitrogens is 1. The molecule has 3 nitrogen and oxygen atoms in total. The summed E-state index contributed by atoms with van der Waals surface area (Å²) in [5.74, 6) is 0.259. The van der Waals surface area contributed by atoms with Gasteiger partial charge in [-0.15, -0.1) is 0 Å². The van der Waals surface area contributed by atoms with Gasteiger partial charge in [-0.05, 0) is 52.9 Å². The Morgan fingerprint density at radius 1 is 0.913 bits per heavy atom. The molecule has 3 aromatic carbocycles. The zero-order chi connectivity index (χ0) is 15.8. The number of aliphatic imine (C=N–C) groups is 1. The van der Waals surface area contributed by atoms with Gasteiger partial charge in [0.1, 0.15) is 5.75 Å². The third kappa shape index (κ3) is 2.49. The molecular weight excluding hydrogens is 399 g/mol. The van der Waals surface area contributed by atoms with Gasteiger partial charge in [0.2, 0.25) is 0 Å². The molecule has 0 unspecified atom stereocenters. The molecule has 2 N–H and O–H groups in total. The molecule has 0 fully saturated rings. The maximum absolute atomic E-state index is 10.7. The molecule has 0 spiro atoms. The molecule has 0 saturated carbocycles. The van der Waals surface area contributed by atoms with Gasteiger partial charge in [0.05, 0.1) is 11.2 Å². The number of nitrogens with zero attached hydrogens (tertiary/aromatic N) is 1. The van der Waals surface area contributed by atoms with E-state index in [1.807, 2.05) is 60.7 Å². The van der Waals surface area contributed by atoms with Crippen LogP contribution >= 0.6 is 22.6 Å². The standard InChI is InChI=1S/C19H13IN2O/c20-14-6-2-4-8-16(14)21-11-12-9-10-17-18(19(12)23)13-5-1-3-7-15(13)22-17/h1-11,22-23H. The lowest BCUT2D eigenvalue weighted by molar-refractivity contribution is 0.481. The molecule has 0 saturated heterocycles. The van der Waals surface area contributed by atoms with Gasteiger partial charge >= 0.3 is 0 Å². The lowest BCUT2D eigenvalue weighted by atomic mass is 10.1. The lowest BCUT2D eigenvalue weighted by Crippen LogP contribution is -1.84. The van der Waals surface area contributed by atoms with Gasteiger partial charge in [-0.25, -0.2) is 0 Å². The number of hydrogen-bond acceptors (Lipinski definition) is 2. The van der Waals surface area contributed by atoms with E-state index in [0.717, 1.165) is 31.1 Å². The molecule has 4 aromatic rings. The number of hydrogen-bond donors (Lipinski definition) is 2. The van der Waals surface area contributed by atoms with Gasteiger partial charge in [0, 0.05) is 31.6 Å². The van der Waals surface area contributed by atoms with Crippen molar-refractivity contribution in [3.05, 3.63) is 69.8 Å². The minimum Gasteiger partial charge on any atom is -0.507 e. The fraction of sp³-hybridized carbons (Fsp3) is 0. The maximum Gasteiger partial charge on any atom is 0.134 e. The molecule has 0 aliphatic heterocycles. The molecule has 112 valence electrons. The molecule has 1 heterocycles. The van der Waals surface area contributed by atoms with Crippen LogP contribution in [0.5, 0.6) is 5.75 Å². The van der Waals surface area contributed by atoms with Gasteiger partial charge in [0.25, 0.3) is 0 Å². The first-order valence-electron chi connectivity index (χ1n) is 7.25. The number of nitrogens with one attached hydrogen (secondary N) is 1. The quantitative estimate of drug-likeness (QED) is 0.337. The number of fused-ring (bicyclic) bond motifs is 3. The zero-order valence-electron chi connectivity index (χ0n) is 12.1. The predicted molar refractivity (Wildman–Crippen MR) is 104 cm³/mol. The van der Waals surface area contributed by atoms with Gasteiger partial charge < -0.3 is 10.1 Å². The number of phenols is 1. The Hall–Kier alpha value is -2.34. The third-order valence-electron chi connectivity index (χ3n) is 3.87. The number of aromatic amines is 1. The molecule has 1 aromatic heterocycles. The van der Waals surface area contributed by atoms with Gasteiger partial charge in [0.15, 0.2) is 0 Å². The van der Waals surface area contributed by atoms with E-state index in [1.165, 1.54) is 0 Å². The number of aromatic hydroxyl groups is 1. The minimum atomic E-state index is 0.259. The van der Waals surface area contributed by atoms with Crippen LogP contribution in [0.1, 0.15) is 5.56 Å². The largest absolute Gasteiger partial charge is 0.507 e. The highest BCUT2D eigenvalue weighted by atomic mass is 127. The second kappa shape index (κ2) is 5.70. The second-order valence-electron chi connectivity index (χ2n) is 5.31. The first-order valence-corrected chi connectivity index (χ1v) is 8.33. The Bertz CT molecular complexity index is 1050. The summed E-state index contributed by atoms with van der Waals surface area (Å²) in [6.45, 7) is 0. The molecular formula is C19H13IN2O. The van der Waals surface area contributed by atoms with Crippen molar-refractivity contribution in [3.63, 3.8) is 0 Å². The summed E-state index contributed by atoms with van der Waals surface area (Å²) < 4.78 is 1.08. The predicted octanol–water partition coefficient (Wildman–Crippen LogP) is 5.38. The van der Waals surface area contributed by atoms with E-state index < -0.39 is 0 Å². The first-order chi connectivity index (χ1) is 11.2. The van der Waals surface area contributed by atoms with Crippen LogP contribution in [0.25, 0.3) is 21.8 Å². The van der Waals surface area contributed by atoms with Crippen LogP contribution in [0.2, 0.25) is 0 Å². The Morgan fingerprint density at radius 2 is 1.70 bits per heavy atom. The van der Waals surface area contributed by atoms with Crippen molar-refractivity contribution in [3.8, 4) is 5.75 Å². The molecule has 0 bridgehead atoms. The maximum atomic E-state index is 10.7. The summed E-state index contributed by atoms with van der Waals surface area (Å²) >= 11 is 2.26. The molecule has 4 heteroatoms. The number of halogens is 1. The van der Waals surface area contributed by atoms with E-state index in [4.69, 9.17) is 0 Å². The van der Waals surface area contributed by atoms with Gasteiger partial charge in [-0.2, -0.15) is 0 Å². The molecule has 0 amide bonds. The number of aromatic nitrogens is 1. The molecule has 0 atom stereocenters. The van der Waals surface area contributed by atoms with Crippen LogP contribution < -0.4 is 0 Å². The summed E-state index contributed by atoms with van der Waals surface area (Å²) in [6, 6.07) is 19.7. The van der Waals surface area contributed by atoms with Crippen molar-refractivity contribution in [1.82, 2.24) is 4.98 Å². The van der Waals surface area contributed by atoms with Crippen molar-refractivity contribution in [1.29, 1.82) is 0 Å². The SMILES string of the molecule is Oc1c(C=Nc2ccccc2I)ccc2[nH]c3ccccc3c12. The van der Waals surface area contributed by atoms with Crippen molar-refractivity contribution in [2.24, 2.45) is 4.99 Å². The first kappa shape index (κ1) is 14.3. The number of benzene rings is 3. The fourth-order valence-corrected chi connectivity index (χ4v) is 3.27. The summed E-state index contributed by atoms with van der Waals surface area (Å²) in [4.78, 5) is 7.83. The van der Waals surface area contributed by atoms with Gasteiger partial charge in [-0.3, -0.25) is 4.99 Å². The van der Waals surface area contributed by atoms with E-state index in [1.54, 1.807) is 6.21 Å². The van der Waals surface area contributed by atoms with Crippen LogP contribution in [-0.2, 0) is 0 Å². The zero-order valence-corrected chi connectivity index (χ0v) is 14.3. The summed E-state index contributed by atoms with van der Waals surface area (Å²) in [5.41, 5.74) is 3.55. The third-order valence-corrected chi connectivity index (χ3v) is 4.78. The van der Waals surface area contributed by atoms with Crippen LogP contribution in [0.15, 0.2) is 65.7 Å². The Labute approximate surface area is 146 Å². The van der Waals surface area contributed by atoms with E-state index in [9.17, 15) is 5.11 Å². The number of para-hydroxylation sites is 2. The highest BCUT2D eigenvalue weighted by Crippen LogP contribution is 2.34. The van der Waals surface area contributed by atoms with E-state index in [-0.39, 0.29) is 5.75 Å². The molecule has 0 aliphatic rings. The fourth-order valence-electron chi connectivity index (χ4n) is 2.74. The van der Waals surface area contributed by atoms with Crippen LogP contribution in [0.3, 0.4) is 0 Å². The molecule has 0 aliphatic carbocycles. The second-order valence-corrected chi connectivity index (χ2v) is 6.47. The van der Waals surface area contributed by atoms with Crippen LogP contribution in [0, 0.1) is 3.57 Å². The Morgan fingerprint density at radius 3 is 2.57 bits per heavy atom. The minimum absolute atomic E-state index is 0.259. The van der Waals surface area contributed by atoms with Crippen molar-refractivity contribution in [2.45, 2.75) is 0 Å². The number of phenolic OH excluding ortho intramolecular Hbond substituents is 1.